The van der Waals surface area contributed by atoms with Crippen molar-refractivity contribution in [1.29, 1.82) is 0 Å². The van der Waals surface area contributed by atoms with Crippen LogP contribution in [0.15, 0.2) is 18.2 Å². The second kappa shape index (κ2) is 4.60. The maximum absolute atomic E-state index is 13.5. The number of nitrogens with zero attached hydrogens (tertiary/aromatic N) is 1. The van der Waals surface area contributed by atoms with E-state index in [4.69, 9.17) is 10.2 Å². The molecule has 0 amide bonds. The molecule has 0 unspecified atom stereocenters. The molecule has 17 heavy (non-hydrogen) atoms. The first-order chi connectivity index (χ1) is 8.17. The van der Waals surface area contributed by atoms with Crippen molar-refractivity contribution >= 4 is 0 Å². The van der Waals surface area contributed by atoms with Crippen LogP contribution in [0.2, 0.25) is 0 Å². The summed E-state index contributed by atoms with van der Waals surface area (Å²) in [5.74, 6) is -1.92. The molecule has 0 saturated carbocycles. The van der Waals surface area contributed by atoms with Crippen LogP contribution in [-0.4, -0.2) is 20.2 Å². The first-order valence-corrected chi connectivity index (χ1v) is 4.91. The lowest BCUT2D eigenvalue weighted by atomic mass is 10.2. The molecule has 0 fully saturated rings. The molecule has 0 atom stereocenters. The standard InChI is InChI=1S/C11H10F2N2O2/c12-7-3-1-2-6(10(7)13)11-14-8(4-16)9(5-17)15-11/h1-3,16-17H,4-5H2,(H,14,15). The van der Waals surface area contributed by atoms with Crippen molar-refractivity contribution in [3.05, 3.63) is 41.2 Å². The van der Waals surface area contributed by atoms with Gasteiger partial charge in [0.1, 0.15) is 5.82 Å². The number of rotatable bonds is 3. The Morgan fingerprint density at radius 3 is 2.53 bits per heavy atom. The first kappa shape index (κ1) is 11.7. The fourth-order valence-electron chi connectivity index (χ4n) is 1.52. The Balaban J connectivity index is 2.53. The van der Waals surface area contributed by atoms with E-state index in [0.29, 0.717) is 0 Å². The Hall–Kier alpha value is -1.79. The number of aromatic amines is 1. The number of nitrogens with one attached hydrogen (secondary N) is 1. The summed E-state index contributed by atoms with van der Waals surface area (Å²) >= 11 is 0. The number of aliphatic hydroxyl groups is 2. The second-order valence-electron chi connectivity index (χ2n) is 3.43. The number of imidazole rings is 1. The maximum Gasteiger partial charge on any atom is 0.169 e. The fourth-order valence-corrected chi connectivity index (χ4v) is 1.52. The summed E-state index contributed by atoms with van der Waals surface area (Å²) < 4.78 is 26.5. The average Bonchev–Trinajstić information content (AvgIpc) is 2.75. The van der Waals surface area contributed by atoms with Gasteiger partial charge in [-0.25, -0.2) is 13.8 Å². The van der Waals surface area contributed by atoms with E-state index in [1.54, 1.807) is 0 Å². The van der Waals surface area contributed by atoms with Gasteiger partial charge in [-0.1, -0.05) is 6.07 Å². The van der Waals surface area contributed by atoms with Gasteiger partial charge in [0.25, 0.3) is 0 Å². The van der Waals surface area contributed by atoms with Crippen molar-refractivity contribution in [2.24, 2.45) is 0 Å². The highest BCUT2D eigenvalue weighted by Gasteiger charge is 2.15. The van der Waals surface area contributed by atoms with Gasteiger partial charge in [0.05, 0.1) is 30.2 Å². The molecule has 0 aliphatic rings. The van der Waals surface area contributed by atoms with Gasteiger partial charge in [-0.2, -0.15) is 0 Å². The molecule has 2 rings (SSSR count). The molecular weight excluding hydrogens is 230 g/mol. The molecule has 0 bridgehead atoms. The molecule has 0 spiro atoms. The maximum atomic E-state index is 13.5. The zero-order valence-corrected chi connectivity index (χ0v) is 8.74. The summed E-state index contributed by atoms with van der Waals surface area (Å²) in [5, 5.41) is 18.0. The summed E-state index contributed by atoms with van der Waals surface area (Å²) in [7, 11) is 0. The largest absolute Gasteiger partial charge is 0.390 e. The Morgan fingerprint density at radius 2 is 1.94 bits per heavy atom. The molecular formula is C11H10F2N2O2. The molecule has 1 aromatic carbocycles. The van der Waals surface area contributed by atoms with Crippen molar-refractivity contribution in [1.82, 2.24) is 9.97 Å². The van der Waals surface area contributed by atoms with E-state index in [0.717, 1.165) is 6.07 Å². The van der Waals surface area contributed by atoms with Crippen molar-refractivity contribution < 1.29 is 19.0 Å². The summed E-state index contributed by atoms with van der Waals surface area (Å²) in [6, 6.07) is 3.72. The number of aromatic nitrogens is 2. The average molecular weight is 240 g/mol. The molecule has 0 aliphatic heterocycles. The van der Waals surface area contributed by atoms with E-state index in [-0.39, 0.29) is 36.0 Å². The smallest absolute Gasteiger partial charge is 0.169 e. The number of halogens is 2. The van der Waals surface area contributed by atoms with Gasteiger partial charge in [-0.3, -0.25) is 0 Å². The van der Waals surface area contributed by atoms with E-state index in [2.05, 4.69) is 9.97 Å². The van der Waals surface area contributed by atoms with Crippen LogP contribution in [0.5, 0.6) is 0 Å². The van der Waals surface area contributed by atoms with Crippen LogP contribution in [0.3, 0.4) is 0 Å². The Bertz CT molecular complexity index is 519. The molecule has 90 valence electrons. The van der Waals surface area contributed by atoms with Gasteiger partial charge in [0, 0.05) is 0 Å². The minimum atomic E-state index is -1.02. The molecule has 0 saturated heterocycles. The lowest BCUT2D eigenvalue weighted by Gasteiger charge is -1.99. The number of H-pyrrole nitrogens is 1. The lowest BCUT2D eigenvalue weighted by molar-refractivity contribution is 0.255. The SMILES string of the molecule is OCc1nc(-c2cccc(F)c2F)[nH]c1CO. The summed E-state index contributed by atoms with van der Waals surface area (Å²) in [5.41, 5.74) is 0.455. The van der Waals surface area contributed by atoms with E-state index >= 15 is 0 Å². The molecule has 1 heterocycles. The lowest BCUT2D eigenvalue weighted by Crippen LogP contribution is -1.91. The van der Waals surface area contributed by atoms with Gasteiger partial charge in [0.15, 0.2) is 11.6 Å². The van der Waals surface area contributed by atoms with E-state index in [1.165, 1.54) is 12.1 Å². The van der Waals surface area contributed by atoms with Crippen molar-refractivity contribution in [3.8, 4) is 11.4 Å². The molecule has 2 aromatic rings. The zero-order valence-electron chi connectivity index (χ0n) is 8.74. The fraction of sp³-hybridized carbons (Fsp3) is 0.182. The quantitative estimate of drug-likeness (QED) is 0.758. The van der Waals surface area contributed by atoms with Crippen LogP contribution in [0.1, 0.15) is 11.4 Å². The Labute approximate surface area is 95.6 Å². The van der Waals surface area contributed by atoms with Crippen LogP contribution < -0.4 is 0 Å². The van der Waals surface area contributed by atoms with Gasteiger partial charge < -0.3 is 15.2 Å². The minimum Gasteiger partial charge on any atom is -0.390 e. The monoisotopic (exact) mass is 240 g/mol. The second-order valence-corrected chi connectivity index (χ2v) is 3.43. The summed E-state index contributed by atoms with van der Waals surface area (Å²) in [6.45, 7) is -0.747. The predicted octanol–water partition coefficient (Wildman–Crippen LogP) is 1.34. The Morgan fingerprint density at radius 1 is 1.18 bits per heavy atom. The first-order valence-electron chi connectivity index (χ1n) is 4.91. The van der Waals surface area contributed by atoms with Crippen LogP contribution in [0.4, 0.5) is 8.78 Å². The zero-order chi connectivity index (χ0) is 12.4. The number of aliphatic hydroxyl groups excluding tert-OH is 2. The number of hydrogen-bond acceptors (Lipinski definition) is 3. The number of benzene rings is 1. The third-order valence-electron chi connectivity index (χ3n) is 2.38. The molecule has 3 N–H and O–H groups in total. The van der Waals surface area contributed by atoms with E-state index < -0.39 is 11.6 Å². The van der Waals surface area contributed by atoms with Gasteiger partial charge in [0.2, 0.25) is 0 Å². The van der Waals surface area contributed by atoms with Crippen LogP contribution in [0, 0.1) is 11.6 Å². The summed E-state index contributed by atoms with van der Waals surface area (Å²) in [6.07, 6.45) is 0. The highest BCUT2D eigenvalue weighted by molar-refractivity contribution is 5.57. The van der Waals surface area contributed by atoms with Crippen molar-refractivity contribution in [2.75, 3.05) is 0 Å². The van der Waals surface area contributed by atoms with Crippen molar-refractivity contribution in [3.63, 3.8) is 0 Å². The third kappa shape index (κ3) is 2.04. The van der Waals surface area contributed by atoms with Gasteiger partial charge >= 0.3 is 0 Å². The minimum absolute atomic E-state index is 0.0422. The molecule has 4 nitrogen and oxygen atoms in total. The molecule has 0 radical (unpaired) electrons. The number of hydrogen-bond donors (Lipinski definition) is 3. The van der Waals surface area contributed by atoms with E-state index in [9.17, 15) is 8.78 Å². The van der Waals surface area contributed by atoms with Crippen LogP contribution in [-0.2, 0) is 13.2 Å². The molecule has 6 heteroatoms. The van der Waals surface area contributed by atoms with Crippen LogP contribution in [0.25, 0.3) is 11.4 Å². The normalized spacial score (nSPS) is 10.8. The Kier molecular flexibility index (Phi) is 3.16. The third-order valence-corrected chi connectivity index (χ3v) is 2.38. The summed E-state index contributed by atoms with van der Waals surface area (Å²) in [4.78, 5) is 6.54. The van der Waals surface area contributed by atoms with Gasteiger partial charge in [-0.15, -0.1) is 0 Å². The highest BCUT2D eigenvalue weighted by atomic mass is 19.2. The highest BCUT2D eigenvalue weighted by Crippen LogP contribution is 2.23. The van der Waals surface area contributed by atoms with Crippen LogP contribution >= 0.6 is 0 Å². The topological polar surface area (TPSA) is 69.1 Å². The van der Waals surface area contributed by atoms with E-state index in [1.807, 2.05) is 0 Å². The molecule has 0 aliphatic carbocycles. The molecule has 1 aromatic heterocycles. The van der Waals surface area contributed by atoms with Crippen molar-refractivity contribution in [2.45, 2.75) is 13.2 Å². The predicted molar refractivity (Wildman–Crippen MR) is 55.8 cm³/mol. The van der Waals surface area contributed by atoms with Gasteiger partial charge in [-0.05, 0) is 12.1 Å².